The van der Waals surface area contributed by atoms with Crippen molar-refractivity contribution < 1.29 is 9.59 Å². The van der Waals surface area contributed by atoms with Gasteiger partial charge >= 0.3 is 0 Å². The molecule has 0 N–H and O–H groups in total. The zero-order chi connectivity index (χ0) is 10.1. The lowest BCUT2D eigenvalue weighted by Gasteiger charge is -1.93. The van der Waals surface area contributed by atoms with Crippen molar-refractivity contribution in [2.24, 2.45) is 0 Å². The number of carbonyl (C=O) groups is 2. The maximum atomic E-state index is 11.0. The summed E-state index contributed by atoms with van der Waals surface area (Å²) in [5.41, 5.74) is 0.597. The van der Waals surface area contributed by atoms with Gasteiger partial charge in [-0.25, -0.2) is 0 Å². The van der Waals surface area contributed by atoms with Gasteiger partial charge in [0.25, 0.3) is 0 Å². The quantitative estimate of drug-likeness (QED) is 0.405. The molecule has 0 aromatic heterocycles. The van der Waals surface area contributed by atoms with E-state index >= 15 is 0 Å². The lowest BCUT2D eigenvalue weighted by molar-refractivity contribution is -0.107. The van der Waals surface area contributed by atoms with E-state index in [0.717, 1.165) is 0 Å². The van der Waals surface area contributed by atoms with Gasteiger partial charge in [-0.05, 0) is 0 Å². The lowest BCUT2D eigenvalue weighted by Crippen LogP contribution is -1.98. The van der Waals surface area contributed by atoms with E-state index in [1.165, 1.54) is 0 Å². The molecule has 0 saturated carbocycles. The van der Waals surface area contributed by atoms with Crippen molar-refractivity contribution in [3.8, 4) is 0 Å². The number of carbonyl (C=O) groups excluding carboxylic acids is 2. The van der Waals surface area contributed by atoms with Gasteiger partial charge < -0.3 is 4.79 Å². The fourth-order valence-electron chi connectivity index (χ4n) is 0.818. The second kappa shape index (κ2) is 7.22. The normalized spacial score (nSPS) is 8.15. The van der Waals surface area contributed by atoms with Crippen molar-refractivity contribution in [3.63, 3.8) is 0 Å². The second-order valence-electron chi connectivity index (χ2n) is 2.16. The van der Waals surface area contributed by atoms with E-state index in [0.29, 0.717) is 11.8 Å². The SMILES string of the molecule is CC.O=CCC(=O)c1ccccc1. The number of hydrogen-bond donors (Lipinski definition) is 0. The Morgan fingerprint density at radius 1 is 1.23 bits per heavy atom. The average molecular weight is 178 g/mol. The Morgan fingerprint density at radius 2 is 1.77 bits per heavy atom. The molecule has 0 radical (unpaired) electrons. The average Bonchev–Trinajstić information content (AvgIpc) is 2.23. The summed E-state index contributed by atoms with van der Waals surface area (Å²) in [7, 11) is 0. The topological polar surface area (TPSA) is 34.1 Å². The summed E-state index contributed by atoms with van der Waals surface area (Å²) in [4.78, 5) is 21.0. The summed E-state index contributed by atoms with van der Waals surface area (Å²) in [6.45, 7) is 4.00. The van der Waals surface area contributed by atoms with Crippen molar-refractivity contribution in [2.45, 2.75) is 20.3 Å². The number of Topliss-reactive ketones (excluding diaryl/α,β-unsaturated/α-hetero) is 1. The standard InChI is InChI=1S/C9H8O2.C2H6/c10-7-6-9(11)8-4-2-1-3-5-8;1-2/h1-5,7H,6H2;1-2H3. The van der Waals surface area contributed by atoms with Crippen LogP contribution in [0, 0.1) is 0 Å². The molecule has 0 atom stereocenters. The molecule has 0 amide bonds. The molecule has 2 heteroatoms. The molecule has 2 nitrogen and oxygen atoms in total. The van der Waals surface area contributed by atoms with Gasteiger partial charge in [-0.3, -0.25) is 4.79 Å². The Kier molecular flexibility index (Phi) is 6.42. The fraction of sp³-hybridized carbons (Fsp3) is 0.273. The van der Waals surface area contributed by atoms with Crippen LogP contribution >= 0.6 is 0 Å². The molecule has 0 aliphatic heterocycles. The summed E-state index contributed by atoms with van der Waals surface area (Å²) in [5.74, 6) is -0.124. The zero-order valence-corrected chi connectivity index (χ0v) is 7.99. The Morgan fingerprint density at radius 3 is 2.23 bits per heavy atom. The molecule has 0 aliphatic rings. The Hall–Kier alpha value is -1.44. The predicted molar refractivity (Wildman–Crippen MR) is 52.8 cm³/mol. The van der Waals surface area contributed by atoms with Gasteiger partial charge in [0.15, 0.2) is 5.78 Å². The first-order valence-electron chi connectivity index (χ1n) is 4.36. The first kappa shape index (κ1) is 11.6. The number of benzene rings is 1. The molecule has 0 fully saturated rings. The summed E-state index contributed by atoms with van der Waals surface area (Å²) in [6.07, 6.45) is 0.597. The fourth-order valence-corrected chi connectivity index (χ4v) is 0.818. The molecule has 1 rings (SSSR count). The molecule has 1 aromatic carbocycles. The van der Waals surface area contributed by atoms with E-state index in [9.17, 15) is 9.59 Å². The number of hydrogen-bond acceptors (Lipinski definition) is 2. The van der Waals surface area contributed by atoms with Crippen LogP contribution < -0.4 is 0 Å². The third-order valence-corrected chi connectivity index (χ3v) is 1.36. The minimum atomic E-state index is -0.124. The molecule has 0 unspecified atom stereocenters. The van der Waals surface area contributed by atoms with Gasteiger partial charge in [0, 0.05) is 5.56 Å². The molecule has 0 heterocycles. The van der Waals surface area contributed by atoms with Gasteiger partial charge in [0.05, 0.1) is 6.42 Å². The molecule has 0 bridgehead atoms. The van der Waals surface area contributed by atoms with Crippen molar-refractivity contribution in [2.75, 3.05) is 0 Å². The highest BCUT2D eigenvalue weighted by atomic mass is 16.1. The van der Waals surface area contributed by atoms with E-state index < -0.39 is 0 Å². The maximum absolute atomic E-state index is 11.0. The van der Waals surface area contributed by atoms with Gasteiger partial charge in [-0.15, -0.1) is 0 Å². The second-order valence-corrected chi connectivity index (χ2v) is 2.16. The Bertz CT molecular complexity index is 252. The van der Waals surface area contributed by atoms with E-state index in [1.807, 2.05) is 19.9 Å². The van der Waals surface area contributed by atoms with E-state index in [2.05, 4.69) is 0 Å². The van der Waals surface area contributed by atoms with Gasteiger partial charge in [0.2, 0.25) is 0 Å². The largest absolute Gasteiger partial charge is 0.303 e. The first-order chi connectivity index (χ1) is 6.34. The first-order valence-corrected chi connectivity index (χ1v) is 4.36. The van der Waals surface area contributed by atoms with Crippen molar-refractivity contribution >= 4 is 12.1 Å². The van der Waals surface area contributed by atoms with Crippen LogP contribution in [0.3, 0.4) is 0 Å². The van der Waals surface area contributed by atoms with Crippen LogP contribution in [0.15, 0.2) is 30.3 Å². The molecule has 0 spiro atoms. The molecule has 13 heavy (non-hydrogen) atoms. The minimum absolute atomic E-state index is 0.0238. The number of rotatable bonds is 3. The zero-order valence-electron chi connectivity index (χ0n) is 7.99. The third-order valence-electron chi connectivity index (χ3n) is 1.36. The van der Waals surface area contributed by atoms with Crippen molar-refractivity contribution in [3.05, 3.63) is 35.9 Å². The summed E-state index contributed by atoms with van der Waals surface area (Å²) in [5, 5.41) is 0. The van der Waals surface area contributed by atoms with Crippen LogP contribution in [0.2, 0.25) is 0 Å². The maximum Gasteiger partial charge on any atom is 0.169 e. The van der Waals surface area contributed by atoms with Crippen molar-refractivity contribution in [1.29, 1.82) is 0 Å². The highest BCUT2D eigenvalue weighted by molar-refractivity contribution is 6.02. The monoisotopic (exact) mass is 178 g/mol. The van der Waals surface area contributed by atoms with Crippen LogP contribution in [-0.4, -0.2) is 12.1 Å². The predicted octanol–water partition coefficient (Wildman–Crippen LogP) is 2.48. The lowest BCUT2D eigenvalue weighted by atomic mass is 10.1. The van der Waals surface area contributed by atoms with Gasteiger partial charge in [-0.2, -0.15) is 0 Å². The molecular weight excluding hydrogens is 164 g/mol. The highest BCUT2D eigenvalue weighted by Crippen LogP contribution is 2.00. The van der Waals surface area contributed by atoms with Crippen LogP contribution in [0.1, 0.15) is 30.6 Å². The van der Waals surface area contributed by atoms with Crippen LogP contribution in [0.5, 0.6) is 0 Å². The van der Waals surface area contributed by atoms with Crippen LogP contribution in [-0.2, 0) is 4.79 Å². The summed E-state index contributed by atoms with van der Waals surface area (Å²) < 4.78 is 0. The van der Waals surface area contributed by atoms with Gasteiger partial charge in [-0.1, -0.05) is 44.2 Å². The van der Waals surface area contributed by atoms with E-state index in [4.69, 9.17) is 0 Å². The number of ketones is 1. The Labute approximate surface area is 78.6 Å². The van der Waals surface area contributed by atoms with Crippen molar-refractivity contribution in [1.82, 2.24) is 0 Å². The summed E-state index contributed by atoms with van der Waals surface area (Å²) >= 11 is 0. The third kappa shape index (κ3) is 4.21. The Balaban J connectivity index is 0.000000671. The molecule has 70 valence electrons. The van der Waals surface area contributed by atoms with Crippen LogP contribution in [0.25, 0.3) is 0 Å². The molecular formula is C11H14O2. The van der Waals surface area contributed by atoms with E-state index in [-0.39, 0.29) is 12.2 Å². The number of aldehydes is 1. The van der Waals surface area contributed by atoms with Gasteiger partial charge in [0.1, 0.15) is 6.29 Å². The summed E-state index contributed by atoms with van der Waals surface area (Å²) in [6, 6.07) is 8.78. The molecule has 1 aromatic rings. The highest BCUT2D eigenvalue weighted by Gasteiger charge is 2.01. The minimum Gasteiger partial charge on any atom is -0.303 e. The van der Waals surface area contributed by atoms with Crippen LogP contribution in [0.4, 0.5) is 0 Å². The molecule has 0 aliphatic carbocycles. The smallest absolute Gasteiger partial charge is 0.169 e. The van der Waals surface area contributed by atoms with E-state index in [1.54, 1.807) is 24.3 Å². The molecule has 0 saturated heterocycles.